The van der Waals surface area contributed by atoms with Crippen molar-refractivity contribution in [2.45, 2.75) is 81.6 Å². The molecule has 3 heterocycles. The summed E-state index contributed by atoms with van der Waals surface area (Å²) in [5, 5.41) is 30.4. The second kappa shape index (κ2) is 7.84. The smallest absolute Gasteiger partial charge is 0.388 e. The third kappa shape index (κ3) is 3.21. The largest absolute Gasteiger partial charge is 0.413 e. The van der Waals surface area contributed by atoms with Crippen molar-refractivity contribution in [3.05, 3.63) is 58.3 Å². The molecule has 208 valence electrons. The minimum atomic E-state index is -4.55. The van der Waals surface area contributed by atoms with E-state index in [9.17, 15) is 23.4 Å². The Morgan fingerprint density at radius 2 is 1.95 bits per heavy atom. The maximum Gasteiger partial charge on any atom is 0.413 e. The van der Waals surface area contributed by atoms with Gasteiger partial charge in [-0.05, 0) is 81.5 Å². The topological polar surface area (TPSA) is 81.6 Å². The molecule has 39 heavy (non-hydrogen) atoms. The molecule has 2 spiro atoms. The highest BCUT2D eigenvalue weighted by Gasteiger charge is 2.69. The van der Waals surface area contributed by atoms with Crippen molar-refractivity contribution in [2.24, 2.45) is 11.3 Å². The van der Waals surface area contributed by atoms with Gasteiger partial charge in [-0.3, -0.25) is 5.10 Å². The lowest BCUT2D eigenvalue weighted by atomic mass is 9.56. The number of hydrogen-bond donors (Lipinski definition) is 3. The van der Waals surface area contributed by atoms with E-state index in [0.717, 1.165) is 27.7 Å². The average molecular weight is 542 g/mol. The van der Waals surface area contributed by atoms with Gasteiger partial charge in [-0.2, -0.15) is 18.3 Å². The molecule has 9 heteroatoms. The Morgan fingerprint density at radius 3 is 2.67 bits per heavy atom. The molecule has 5 aliphatic rings. The van der Waals surface area contributed by atoms with Crippen LogP contribution < -0.4 is 0 Å². The number of alkyl halides is 3. The molecular weight excluding hydrogens is 507 g/mol. The molecule has 7 rings (SSSR count). The number of likely N-dealkylation sites (N-methyl/N-ethyl adjacent to an activating group) is 1. The Morgan fingerprint density at radius 1 is 1.18 bits per heavy atom. The first-order valence-electron chi connectivity index (χ1n) is 13.7. The number of H-pyrrole nitrogens is 1. The van der Waals surface area contributed by atoms with Crippen LogP contribution in [0.4, 0.5) is 13.2 Å². The molecule has 3 aliphatic carbocycles. The van der Waals surface area contributed by atoms with Crippen LogP contribution in [0.5, 0.6) is 0 Å². The summed E-state index contributed by atoms with van der Waals surface area (Å²) >= 11 is 0. The number of rotatable bonds is 2. The molecule has 1 aromatic carbocycles. The number of allylic oxidation sites excluding steroid dienone is 3. The Kier molecular flexibility index (Phi) is 5.13. The number of nitrogens with zero attached hydrogens (tertiary/aromatic N) is 2. The fourth-order valence-corrected chi connectivity index (χ4v) is 8.69. The summed E-state index contributed by atoms with van der Waals surface area (Å²) in [6, 6.07) is 5.58. The van der Waals surface area contributed by atoms with Gasteiger partial charge in [0.1, 0.15) is 6.10 Å². The lowest BCUT2D eigenvalue weighted by Gasteiger charge is -2.57. The fourth-order valence-electron chi connectivity index (χ4n) is 8.69. The molecule has 1 aromatic heterocycles. The van der Waals surface area contributed by atoms with E-state index < -0.39 is 40.6 Å². The van der Waals surface area contributed by atoms with Gasteiger partial charge in [-0.15, -0.1) is 0 Å². The van der Waals surface area contributed by atoms with Crippen LogP contribution in [-0.4, -0.2) is 75.0 Å². The van der Waals surface area contributed by atoms with Crippen molar-refractivity contribution in [1.82, 2.24) is 15.1 Å². The molecule has 7 unspecified atom stereocenters. The van der Waals surface area contributed by atoms with Gasteiger partial charge in [0, 0.05) is 34.0 Å². The molecule has 7 atom stereocenters. The third-order valence-electron chi connectivity index (χ3n) is 10.6. The van der Waals surface area contributed by atoms with Crippen molar-refractivity contribution in [3.8, 4) is 0 Å². The first kappa shape index (κ1) is 25.5. The molecule has 0 radical (unpaired) electrons. The zero-order valence-corrected chi connectivity index (χ0v) is 22.6. The van der Waals surface area contributed by atoms with Crippen LogP contribution in [0.3, 0.4) is 0 Å². The molecule has 6 nitrogen and oxygen atoms in total. The Balaban J connectivity index is 1.39. The second-order valence-electron chi connectivity index (χ2n) is 12.7. The molecule has 2 fully saturated rings. The normalized spacial score (nSPS) is 39.5. The third-order valence-corrected chi connectivity index (χ3v) is 10.6. The first-order valence-corrected chi connectivity index (χ1v) is 13.7. The standard InChI is InChI=1S/C30H34F3N3O3/c1-15-17-6-5-16(11-22(17)35-34-15)18-7-8-24-27(18,2)13-21(30(31,32)33)19-12-20-25(37)26(38)23(36(3)4)14-28(20)9-10-29(19,24)39-28/h5-7,11-12,23-26,37-38H,8-10,13-14H2,1-4H3,(H,34,35). The van der Waals surface area contributed by atoms with E-state index in [4.69, 9.17) is 4.74 Å². The Bertz CT molecular complexity index is 1490. The summed E-state index contributed by atoms with van der Waals surface area (Å²) in [5.74, 6) is -0.184. The lowest BCUT2D eigenvalue weighted by molar-refractivity contribution is -0.170. The van der Waals surface area contributed by atoms with Crippen LogP contribution in [0.1, 0.15) is 50.3 Å². The molecule has 2 aliphatic heterocycles. The van der Waals surface area contributed by atoms with Crippen LogP contribution in [0.2, 0.25) is 0 Å². The number of nitrogens with one attached hydrogen (secondary N) is 1. The van der Waals surface area contributed by atoms with E-state index in [1.165, 1.54) is 0 Å². The van der Waals surface area contributed by atoms with Crippen molar-refractivity contribution in [1.29, 1.82) is 0 Å². The van der Waals surface area contributed by atoms with E-state index in [1.54, 1.807) is 6.08 Å². The maximum absolute atomic E-state index is 14.9. The monoisotopic (exact) mass is 541 g/mol. The number of fused-ring (bicyclic) bond motifs is 2. The number of aromatic nitrogens is 2. The summed E-state index contributed by atoms with van der Waals surface area (Å²) in [5.41, 5.74) is 0.739. The van der Waals surface area contributed by atoms with Gasteiger partial charge >= 0.3 is 6.18 Å². The zero-order valence-electron chi connectivity index (χ0n) is 22.6. The minimum absolute atomic E-state index is 0.156. The number of ether oxygens (including phenoxy) is 1. The minimum Gasteiger partial charge on any atom is -0.388 e. The van der Waals surface area contributed by atoms with E-state index in [1.807, 2.05) is 51.0 Å². The highest BCUT2D eigenvalue weighted by Crippen LogP contribution is 2.70. The van der Waals surface area contributed by atoms with E-state index in [2.05, 4.69) is 16.3 Å². The molecule has 0 amide bonds. The summed E-state index contributed by atoms with van der Waals surface area (Å²) in [7, 11) is 3.68. The van der Waals surface area contributed by atoms with Crippen molar-refractivity contribution >= 4 is 16.5 Å². The molecule has 2 aromatic rings. The number of aromatic amines is 1. The first-order chi connectivity index (χ1) is 18.3. The van der Waals surface area contributed by atoms with E-state index in [-0.39, 0.29) is 24.0 Å². The highest BCUT2D eigenvalue weighted by atomic mass is 19.4. The van der Waals surface area contributed by atoms with Gasteiger partial charge in [0.05, 0.1) is 22.8 Å². The number of aliphatic hydroxyl groups is 2. The quantitative estimate of drug-likeness (QED) is 0.508. The van der Waals surface area contributed by atoms with Crippen LogP contribution in [-0.2, 0) is 4.74 Å². The fraction of sp³-hybridized carbons (Fsp3) is 0.567. The maximum atomic E-state index is 14.9. The van der Waals surface area contributed by atoms with Gasteiger partial charge in [-0.25, -0.2) is 0 Å². The predicted molar refractivity (Wildman–Crippen MR) is 141 cm³/mol. The van der Waals surface area contributed by atoms with Crippen LogP contribution in [0.15, 0.2) is 47.1 Å². The second-order valence-corrected chi connectivity index (χ2v) is 12.7. The zero-order chi connectivity index (χ0) is 27.7. The van der Waals surface area contributed by atoms with Gasteiger partial charge in [0.25, 0.3) is 0 Å². The highest BCUT2D eigenvalue weighted by molar-refractivity contribution is 5.87. The number of hydrogen-bond acceptors (Lipinski definition) is 5. The van der Waals surface area contributed by atoms with Gasteiger partial charge in [0.2, 0.25) is 0 Å². The van der Waals surface area contributed by atoms with Crippen LogP contribution in [0, 0.1) is 18.3 Å². The molecule has 2 bridgehead atoms. The average Bonchev–Trinajstić information content (AvgIpc) is 3.52. The van der Waals surface area contributed by atoms with E-state index >= 15 is 0 Å². The number of aliphatic hydroxyl groups excluding tert-OH is 2. The van der Waals surface area contributed by atoms with Crippen molar-refractivity contribution in [3.63, 3.8) is 0 Å². The van der Waals surface area contributed by atoms with Gasteiger partial charge in [-0.1, -0.05) is 31.2 Å². The van der Waals surface area contributed by atoms with Gasteiger partial charge in [0.15, 0.2) is 0 Å². The molecule has 1 saturated heterocycles. The Hall–Kier alpha value is -2.46. The molecular formula is C30H34F3N3O3. The number of benzene rings is 1. The van der Waals surface area contributed by atoms with Crippen LogP contribution in [0.25, 0.3) is 16.5 Å². The summed E-state index contributed by atoms with van der Waals surface area (Å²) < 4.78 is 51.6. The molecule has 3 N–H and O–H groups in total. The Labute approximate surface area is 225 Å². The number of halogens is 3. The lowest BCUT2D eigenvalue weighted by Crippen LogP contribution is -2.62. The van der Waals surface area contributed by atoms with Crippen molar-refractivity contribution < 1.29 is 28.1 Å². The van der Waals surface area contributed by atoms with Gasteiger partial charge < -0.3 is 19.8 Å². The summed E-state index contributed by atoms with van der Waals surface area (Å²) in [4.78, 5) is 1.87. The van der Waals surface area contributed by atoms with Crippen LogP contribution >= 0.6 is 0 Å². The summed E-state index contributed by atoms with van der Waals surface area (Å²) in [6.07, 6.45) is -1.43. The summed E-state index contributed by atoms with van der Waals surface area (Å²) in [6.45, 7) is 3.91. The van der Waals surface area contributed by atoms with E-state index in [0.29, 0.717) is 31.3 Å². The molecule has 1 saturated carbocycles. The number of aryl methyl sites for hydroxylation is 1. The van der Waals surface area contributed by atoms with Crippen molar-refractivity contribution in [2.75, 3.05) is 14.1 Å². The predicted octanol–water partition coefficient (Wildman–Crippen LogP) is 4.83. The SMILES string of the molecule is Cc1[nH]nc2cc(C3=CCC4C3(C)CC(C(F)(F)F)=C3C=C5C(O)C(O)C(N(C)C)CC56CCC34O6)ccc12.